The lowest BCUT2D eigenvalue weighted by atomic mass is 10.2. The second-order valence-electron chi connectivity index (χ2n) is 4.54. The molecule has 5 nitrogen and oxygen atoms in total. The van der Waals surface area contributed by atoms with Gasteiger partial charge in [0.25, 0.3) is 0 Å². The third-order valence-electron chi connectivity index (χ3n) is 3.09. The van der Waals surface area contributed by atoms with E-state index in [4.69, 9.17) is 4.42 Å². The Hall–Kier alpha value is -1.72. The number of aliphatic hydroxyl groups excluding tert-OH is 1. The summed E-state index contributed by atoms with van der Waals surface area (Å²) in [5.74, 6) is 1.15. The Kier molecular flexibility index (Phi) is 3.08. The van der Waals surface area contributed by atoms with Gasteiger partial charge in [-0.2, -0.15) is 0 Å². The molecule has 18 heavy (non-hydrogen) atoms. The van der Waals surface area contributed by atoms with E-state index in [0.717, 1.165) is 18.5 Å². The van der Waals surface area contributed by atoms with Crippen LogP contribution >= 0.6 is 0 Å². The minimum atomic E-state index is -0.221. The van der Waals surface area contributed by atoms with Gasteiger partial charge in [-0.25, -0.2) is 0 Å². The summed E-state index contributed by atoms with van der Waals surface area (Å²) in [4.78, 5) is 2.12. The molecule has 0 radical (unpaired) electrons. The van der Waals surface area contributed by atoms with Crippen LogP contribution in [0.5, 0.6) is 0 Å². The molecule has 1 saturated heterocycles. The predicted octanol–water partition coefficient (Wildman–Crippen LogP) is 1.30. The van der Waals surface area contributed by atoms with Gasteiger partial charge in [0.05, 0.1) is 12.6 Å². The molecule has 5 heteroatoms. The molecule has 1 N–H and O–H groups in total. The molecule has 2 aromatic rings. The Labute approximate surface area is 105 Å². The van der Waals surface area contributed by atoms with Gasteiger partial charge < -0.3 is 9.52 Å². The summed E-state index contributed by atoms with van der Waals surface area (Å²) in [5, 5.41) is 17.5. The van der Waals surface area contributed by atoms with E-state index in [1.807, 2.05) is 30.3 Å². The fraction of sp³-hybridized carbons (Fsp3) is 0.385. The zero-order valence-electron chi connectivity index (χ0n) is 9.99. The standard InChI is InChI=1S/C13H15N3O2/c17-11-6-7-16(8-11)9-12-14-15-13(18-12)10-4-2-1-3-5-10/h1-5,11,17H,6-9H2/t11-/m0/s1. The van der Waals surface area contributed by atoms with Gasteiger partial charge in [0, 0.05) is 18.7 Å². The van der Waals surface area contributed by atoms with Crippen molar-refractivity contribution in [2.45, 2.75) is 19.1 Å². The Morgan fingerprint density at radius 1 is 1.28 bits per heavy atom. The molecule has 0 saturated carbocycles. The van der Waals surface area contributed by atoms with Crippen molar-refractivity contribution in [3.05, 3.63) is 36.2 Å². The number of hydrogen-bond acceptors (Lipinski definition) is 5. The molecule has 1 aromatic carbocycles. The highest BCUT2D eigenvalue weighted by molar-refractivity contribution is 5.51. The van der Waals surface area contributed by atoms with Gasteiger partial charge in [0.15, 0.2) is 0 Å². The van der Waals surface area contributed by atoms with Crippen molar-refractivity contribution in [1.82, 2.24) is 15.1 Å². The molecule has 1 aliphatic heterocycles. The third-order valence-corrected chi connectivity index (χ3v) is 3.09. The van der Waals surface area contributed by atoms with Gasteiger partial charge >= 0.3 is 0 Å². The summed E-state index contributed by atoms with van der Waals surface area (Å²) in [7, 11) is 0. The first kappa shape index (κ1) is 11.4. The second-order valence-corrected chi connectivity index (χ2v) is 4.54. The quantitative estimate of drug-likeness (QED) is 0.883. The van der Waals surface area contributed by atoms with E-state index in [2.05, 4.69) is 15.1 Å². The summed E-state index contributed by atoms with van der Waals surface area (Å²) in [6, 6.07) is 9.71. The van der Waals surface area contributed by atoms with Gasteiger partial charge in [-0.1, -0.05) is 18.2 Å². The molecule has 1 atom stereocenters. The van der Waals surface area contributed by atoms with E-state index < -0.39 is 0 Å². The molecule has 0 amide bonds. The summed E-state index contributed by atoms with van der Waals surface area (Å²) in [5.41, 5.74) is 0.928. The van der Waals surface area contributed by atoms with Crippen molar-refractivity contribution >= 4 is 0 Å². The monoisotopic (exact) mass is 245 g/mol. The van der Waals surface area contributed by atoms with E-state index in [0.29, 0.717) is 24.9 Å². The Balaban J connectivity index is 1.70. The van der Waals surface area contributed by atoms with E-state index in [9.17, 15) is 5.11 Å². The number of aromatic nitrogens is 2. The Morgan fingerprint density at radius 3 is 2.83 bits per heavy atom. The van der Waals surface area contributed by atoms with Crippen molar-refractivity contribution in [2.75, 3.05) is 13.1 Å². The fourth-order valence-electron chi connectivity index (χ4n) is 2.16. The summed E-state index contributed by atoms with van der Waals surface area (Å²) >= 11 is 0. The maximum atomic E-state index is 9.45. The molecular formula is C13H15N3O2. The number of likely N-dealkylation sites (tertiary alicyclic amines) is 1. The van der Waals surface area contributed by atoms with E-state index in [-0.39, 0.29) is 6.10 Å². The average molecular weight is 245 g/mol. The minimum Gasteiger partial charge on any atom is -0.419 e. The highest BCUT2D eigenvalue weighted by Gasteiger charge is 2.22. The van der Waals surface area contributed by atoms with E-state index in [1.54, 1.807) is 0 Å². The van der Waals surface area contributed by atoms with Crippen LogP contribution in [0.2, 0.25) is 0 Å². The number of rotatable bonds is 3. The largest absolute Gasteiger partial charge is 0.419 e. The maximum Gasteiger partial charge on any atom is 0.247 e. The molecule has 2 heterocycles. The molecule has 0 unspecified atom stereocenters. The van der Waals surface area contributed by atoms with E-state index >= 15 is 0 Å². The normalized spacial score (nSPS) is 20.4. The van der Waals surface area contributed by atoms with Crippen molar-refractivity contribution in [3.63, 3.8) is 0 Å². The molecule has 3 rings (SSSR count). The van der Waals surface area contributed by atoms with Crippen LogP contribution in [-0.2, 0) is 6.54 Å². The fourth-order valence-corrected chi connectivity index (χ4v) is 2.16. The predicted molar refractivity (Wildman–Crippen MR) is 65.6 cm³/mol. The van der Waals surface area contributed by atoms with Crippen molar-refractivity contribution < 1.29 is 9.52 Å². The van der Waals surface area contributed by atoms with Crippen molar-refractivity contribution in [2.24, 2.45) is 0 Å². The highest BCUT2D eigenvalue weighted by Crippen LogP contribution is 2.18. The van der Waals surface area contributed by atoms with Crippen LogP contribution in [0.25, 0.3) is 11.5 Å². The zero-order chi connectivity index (χ0) is 12.4. The number of hydrogen-bond donors (Lipinski definition) is 1. The molecule has 0 aliphatic carbocycles. The van der Waals surface area contributed by atoms with Crippen LogP contribution in [0.1, 0.15) is 12.3 Å². The van der Waals surface area contributed by atoms with Crippen LogP contribution in [0.15, 0.2) is 34.7 Å². The number of β-amino-alcohol motifs (C(OH)–C–C–N with tert-alkyl or cyclic N) is 1. The average Bonchev–Trinajstić information content (AvgIpc) is 3.01. The molecule has 94 valence electrons. The maximum absolute atomic E-state index is 9.45. The lowest BCUT2D eigenvalue weighted by molar-refractivity contribution is 0.171. The smallest absolute Gasteiger partial charge is 0.247 e. The summed E-state index contributed by atoms with van der Waals surface area (Å²) in [6.07, 6.45) is 0.598. The topological polar surface area (TPSA) is 62.4 Å². The second kappa shape index (κ2) is 4.88. The number of nitrogens with zero attached hydrogens (tertiary/aromatic N) is 3. The molecule has 1 aromatic heterocycles. The zero-order valence-corrected chi connectivity index (χ0v) is 9.99. The lowest BCUT2D eigenvalue weighted by Gasteiger charge is -2.10. The first-order valence-electron chi connectivity index (χ1n) is 6.09. The van der Waals surface area contributed by atoms with Crippen LogP contribution in [0.4, 0.5) is 0 Å². The van der Waals surface area contributed by atoms with Crippen LogP contribution in [0, 0.1) is 0 Å². The van der Waals surface area contributed by atoms with Crippen LogP contribution < -0.4 is 0 Å². The molecular weight excluding hydrogens is 230 g/mol. The Bertz CT molecular complexity index is 512. The SMILES string of the molecule is O[C@H]1CCN(Cc2nnc(-c3ccccc3)o2)C1. The van der Waals surface area contributed by atoms with Crippen LogP contribution in [0.3, 0.4) is 0 Å². The van der Waals surface area contributed by atoms with Gasteiger partial charge in [0.1, 0.15) is 0 Å². The third kappa shape index (κ3) is 2.42. The van der Waals surface area contributed by atoms with Crippen LogP contribution in [-0.4, -0.2) is 39.4 Å². The summed E-state index contributed by atoms with van der Waals surface area (Å²) < 4.78 is 5.62. The minimum absolute atomic E-state index is 0.221. The molecule has 0 spiro atoms. The van der Waals surface area contributed by atoms with Gasteiger partial charge in [-0.3, -0.25) is 4.90 Å². The first-order valence-corrected chi connectivity index (χ1v) is 6.09. The lowest BCUT2D eigenvalue weighted by Crippen LogP contribution is -2.21. The van der Waals surface area contributed by atoms with Crippen molar-refractivity contribution in [3.8, 4) is 11.5 Å². The molecule has 1 fully saturated rings. The van der Waals surface area contributed by atoms with Gasteiger partial charge in [-0.15, -0.1) is 10.2 Å². The molecule has 0 bridgehead atoms. The Morgan fingerprint density at radius 2 is 2.11 bits per heavy atom. The number of aliphatic hydroxyl groups is 1. The highest BCUT2D eigenvalue weighted by atomic mass is 16.4. The molecule has 1 aliphatic rings. The summed E-state index contributed by atoms with van der Waals surface area (Å²) in [6.45, 7) is 2.17. The van der Waals surface area contributed by atoms with E-state index in [1.165, 1.54) is 0 Å². The number of benzene rings is 1. The van der Waals surface area contributed by atoms with Crippen molar-refractivity contribution in [1.29, 1.82) is 0 Å². The first-order chi connectivity index (χ1) is 8.81. The van der Waals surface area contributed by atoms with Gasteiger partial charge in [0.2, 0.25) is 11.8 Å². The van der Waals surface area contributed by atoms with Gasteiger partial charge in [-0.05, 0) is 18.6 Å².